The van der Waals surface area contributed by atoms with Gasteiger partial charge in [0.1, 0.15) is 23.1 Å². The van der Waals surface area contributed by atoms with Crippen LogP contribution in [-0.2, 0) is 4.79 Å². The largest absolute Gasteiger partial charge is 0.494 e. The van der Waals surface area contributed by atoms with Gasteiger partial charge in [-0.05, 0) is 42.8 Å². The van der Waals surface area contributed by atoms with Gasteiger partial charge in [-0.15, -0.1) is 11.3 Å². The molecule has 0 saturated heterocycles. The number of amides is 1. The van der Waals surface area contributed by atoms with Crippen LogP contribution in [0.4, 0.5) is 10.2 Å². The number of aromatic nitrogens is 2. The van der Waals surface area contributed by atoms with Gasteiger partial charge in [0.05, 0.1) is 6.61 Å². The van der Waals surface area contributed by atoms with E-state index in [1.807, 2.05) is 46.3 Å². The number of carbonyl (C=O) groups is 1. The fourth-order valence-corrected chi connectivity index (χ4v) is 3.56. The third kappa shape index (κ3) is 4.04. The molecule has 0 atom stereocenters. The summed E-state index contributed by atoms with van der Waals surface area (Å²) in [6, 6.07) is 15.6. The van der Waals surface area contributed by atoms with Crippen molar-refractivity contribution in [3.63, 3.8) is 0 Å². The topological polar surface area (TPSA) is 55.6 Å². The molecule has 1 amide bonds. The second-order valence-electron chi connectivity index (χ2n) is 6.18. The minimum atomic E-state index is -0.311. The normalized spacial score (nSPS) is 10.9. The fraction of sp³-hybridized carbons (Fsp3) is 0.143. The number of nitrogens with one attached hydrogen (secondary N) is 1. The van der Waals surface area contributed by atoms with E-state index in [9.17, 15) is 9.18 Å². The number of anilines is 1. The first-order valence-corrected chi connectivity index (χ1v) is 9.78. The van der Waals surface area contributed by atoms with E-state index >= 15 is 0 Å². The maximum atomic E-state index is 13.2. The van der Waals surface area contributed by atoms with Crippen LogP contribution >= 0.6 is 11.3 Å². The molecule has 4 aromatic rings. The van der Waals surface area contributed by atoms with Crippen molar-refractivity contribution in [2.45, 2.75) is 12.8 Å². The predicted molar refractivity (Wildman–Crippen MR) is 108 cm³/mol. The fourth-order valence-electron chi connectivity index (χ4n) is 2.85. The average Bonchev–Trinajstić information content (AvgIpc) is 3.30. The first-order chi connectivity index (χ1) is 13.7. The summed E-state index contributed by atoms with van der Waals surface area (Å²) in [4.78, 5) is 17.8. The Morgan fingerprint density at radius 2 is 1.93 bits per heavy atom. The summed E-state index contributed by atoms with van der Waals surface area (Å²) >= 11 is 1.47. The summed E-state index contributed by atoms with van der Waals surface area (Å²) in [7, 11) is 0. The van der Waals surface area contributed by atoms with Crippen molar-refractivity contribution in [2.24, 2.45) is 0 Å². The van der Waals surface area contributed by atoms with E-state index in [2.05, 4.69) is 10.3 Å². The van der Waals surface area contributed by atoms with Crippen molar-refractivity contribution in [1.29, 1.82) is 0 Å². The van der Waals surface area contributed by atoms with Gasteiger partial charge in [0, 0.05) is 23.6 Å². The van der Waals surface area contributed by atoms with Crippen molar-refractivity contribution in [3.8, 4) is 17.0 Å². The SMILES string of the molecule is O=C(CCCOc1ccccc1)Nc1c(-c2ccc(F)cc2)nc2sccn12. The summed E-state index contributed by atoms with van der Waals surface area (Å²) in [6.07, 6.45) is 2.78. The van der Waals surface area contributed by atoms with Crippen LogP contribution < -0.4 is 10.1 Å². The molecule has 142 valence electrons. The molecule has 0 radical (unpaired) electrons. The molecule has 0 unspecified atom stereocenters. The van der Waals surface area contributed by atoms with Crippen molar-refractivity contribution in [3.05, 3.63) is 72.0 Å². The maximum absolute atomic E-state index is 13.2. The molecule has 4 rings (SSSR count). The summed E-state index contributed by atoms with van der Waals surface area (Å²) in [5, 5.41) is 4.85. The van der Waals surface area contributed by atoms with E-state index < -0.39 is 0 Å². The van der Waals surface area contributed by atoms with Crippen LogP contribution in [0.3, 0.4) is 0 Å². The number of fused-ring (bicyclic) bond motifs is 1. The van der Waals surface area contributed by atoms with E-state index in [0.29, 0.717) is 31.0 Å². The van der Waals surface area contributed by atoms with E-state index in [4.69, 9.17) is 4.74 Å². The number of halogens is 1. The number of nitrogens with zero attached hydrogens (tertiary/aromatic N) is 2. The monoisotopic (exact) mass is 395 g/mol. The number of thiazole rings is 1. The predicted octanol–water partition coefficient (Wildman–Crippen LogP) is 5.00. The van der Waals surface area contributed by atoms with Gasteiger partial charge in [0.15, 0.2) is 4.96 Å². The van der Waals surface area contributed by atoms with Crippen LogP contribution in [0.15, 0.2) is 66.2 Å². The number of imidazole rings is 1. The van der Waals surface area contributed by atoms with Crippen LogP contribution in [0, 0.1) is 5.82 Å². The molecule has 2 heterocycles. The Bertz CT molecular complexity index is 1070. The highest BCUT2D eigenvalue weighted by Crippen LogP contribution is 2.31. The lowest BCUT2D eigenvalue weighted by atomic mass is 10.1. The quantitative estimate of drug-likeness (QED) is 0.448. The molecule has 0 saturated carbocycles. The molecule has 0 fully saturated rings. The first kappa shape index (κ1) is 18.2. The highest BCUT2D eigenvalue weighted by Gasteiger charge is 2.17. The Kier molecular flexibility index (Phi) is 5.34. The Labute approximate surface area is 165 Å². The molecule has 28 heavy (non-hydrogen) atoms. The van der Waals surface area contributed by atoms with Crippen molar-refractivity contribution in [1.82, 2.24) is 9.38 Å². The van der Waals surface area contributed by atoms with Crippen LogP contribution in [-0.4, -0.2) is 21.9 Å². The second kappa shape index (κ2) is 8.22. The van der Waals surface area contributed by atoms with Crippen LogP contribution in [0.1, 0.15) is 12.8 Å². The maximum Gasteiger partial charge on any atom is 0.225 e. The number of para-hydroxylation sites is 1. The number of hydrogen-bond donors (Lipinski definition) is 1. The summed E-state index contributed by atoms with van der Waals surface area (Å²) in [5.74, 6) is 0.955. The lowest BCUT2D eigenvalue weighted by Crippen LogP contribution is -2.14. The third-order valence-electron chi connectivity index (χ3n) is 4.20. The highest BCUT2D eigenvalue weighted by atomic mass is 32.1. The van der Waals surface area contributed by atoms with Gasteiger partial charge in [-0.1, -0.05) is 18.2 Å². The second-order valence-corrected chi connectivity index (χ2v) is 7.06. The molecule has 2 aromatic heterocycles. The first-order valence-electron chi connectivity index (χ1n) is 8.90. The number of carbonyl (C=O) groups excluding carboxylic acids is 1. The van der Waals surface area contributed by atoms with Gasteiger partial charge in [-0.2, -0.15) is 0 Å². The smallest absolute Gasteiger partial charge is 0.225 e. The van der Waals surface area contributed by atoms with Crippen molar-refractivity contribution < 1.29 is 13.9 Å². The molecule has 0 aliphatic rings. The van der Waals surface area contributed by atoms with Gasteiger partial charge in [0.25, 0.3) is 0 Å². The number of ether oxygens (including phenoxy) is 1. The lowest BCUT2D eigenvalue weighted by molar-refractivity contribution is -0.116. The number of benzene rings is 2. The molecule has 0 spiro atoms. The zero-order valence-corrected chi connectivity index (χ0v) is 15.8. The summed E-state index contributed by atoms with van der Waals surface area (Å²) in [6.45, 7) is 0.461. The third-order valence-corrected chi connectivity index (χ3v) is 4.95. The van der Waals surface area contributed by atoms with Gasteiger partial charge < -0.3 is 10.1 Å². The molecule has 7 heteroatoms. The minimum absolute atomic E-state index is 0.118. The summed E-state index contributed by atoms with van der Waals surface area (Å²) < 4.78 is 20.7. The van der Waals surface area contributed by atoms with Gasteiger partial charge in [-0.25, -0.2) is 9.37 Å². The molecule has 0 aliphatic heterocycles. The molecule has 0 aliphatic carbocycles. The number of hydrogen-bond acceptors (Lipinski definition) is 4. The molecule has 2 aromatic carbocycles. The Morgan fingerprint density at radius 1 is 1.14 bits per heavy atom. The zero-order chi connectivity index (χ0) is 19.3. The molecule has 0 bridgehead atoms. The Morgan fingerprint density at radius 3 is 2.71 bits per heavy atom. The van der Waals surface area contributed by atoms with E-state index in [1.54, 1.807) is 12.1 Å². The van der Waals surface area contributed by atoms with Crippen molar-refractivity contribution >= 4 is 28.0 Å². The minimum Gasteiger partial charge on any atom is -0.494 e. The molecule has 1 N–H and O–H groups in total. The van der Waals surface area contributed by atoms with E-state index in [-0.39, 0.29) is 11.7 Å². The Hall–Kier alpha value is -3.19. The van der Waals surface area contributed by atoms with Crippen LogP contribution in [0.5, 0.6) is 5.75 Å². The Balaban J connectivity index is 1.43. The van der Waals surface area contributed by atoms with Crippen LogP contribution in [0.25, 0.3) is 16.2 Å². The lowest BCUT2D eigenvalue weighted by Gasteiger charge is -2.08. The van der Waals surface area contributed by atoms with Gasteiger partial charge in [-0.3, -0.25) is 9.20 Å². The molecular formula is C21H18FN3O2S. The highest BCUT2D eigenvalue weighted by molar-refractivity contribution is 7.15. The molecular weight excluding hydrogens is 377 g/mol. The zero-order valence-electron chi connectivity index (χ0n) is 15.0. The summed E-state index contributed by atoms with van der Waals surface area (Å²) in [5.41, 5.74) is 1.38. The molecule has 5 nitrogen and oxygen atoms in total. The van der Waals surface area contributed by atoms with E-state index in [0.717, 1.165) is 16.3 Å². The van der Waals surface area contributed by atoms with Gasteiger partial charge in [0.2, 0.25) is 5.91 Å². The van der Waals surface area contributed by atoms with Crippen molar-refractivity contribution in [2.75, 3.05) is 11.9 Å². The van der Waals surface area contributed by atoms with Crippen LogP contribution in [0.2, 0.25) is 0 Å². The number of rotatable bonds is 7. The standard InChI is InChI=1S/C21H18FN3O2S/c22-16-10-8-15(9-11-16)19-20(25-12-14-28-21(25)24-19)23-18(26)7-4-13-27-17-5-2-1-3-6-17/h1-3,5-6,8-12,14H,4,7,13H2,(H,23,26). The van der Waals surface area contributed by atoms with E-state index in [1.165, 1.54) is 23.5 Å². The van der Waals surface area contributed by atoms with Gasteiger partial charge >= 0.3 is 0 Å². The average molecular weight is 395 g/mol.